The first-order valence-corrected chi connectivity index (χ1v) is 6.86. The zero-order chi connectivity index (χ0) is 14.5. The first-order chi connectivity index (χ1) is 10.4. The van der Waals surface area contributed by atoms with Crippen LogP contribution in [0.4, 0.5) is 5.69 Å². The Hall–Kier alpha value is -2.75. The van der Waals surface area contributed by atoms with Crippen LogP contribution < -0.4 is 5.32 Å². The highest BCUT2D eigenvalue weighted by molar-refractivity contribution is 6.16. The second-order valence-corrected chi connectivity index (χ2v) is 4.63. The van der Waals surface area contributed by atoms with Gasteiger partial charge in [0.25, 0.3) is 0 Å². The van der Waals surface area contributed by atoms with Gasteiger partial charge in [0.1, 0.15) is 5.84 Å². The average Bonchev–Trinajstić information content (AvgIpc) is 2.73. The maximum atomic E-state index is 4.70. The van der Waals surface area contributed by atoms with E-state index in [9.17, 15) is 0 Å². The van der Waals surface area contributed by atoms with Gasteiger partial charge in [-0.05, 0) is 18.2 Å². The number of aliphatic imine (C=N–C) groups is 2. The number of fused-ring (bicyclic) bond motifs is 1. The summed E-state index contributed by atoms with van der Waals surface area (Å²) in [5.74, 6) is 0.841. The van der Waals surface area contributed by atoms with Crippen molar-refractivity contribution in [3.8, 4) is 0 Å². The number of amidine groups is 1. The number of hydrogen-bond acceptors (Lipinski definition) is 4. The maximum Gasteiger partial charge on any atom is 0.124 e. The molecule has 104 valence electrons. The minimum absolute atomic E-state index is 0.508. The van der Waals surface area contributed by atoms with Gasteiger partial charge >= 0.3 is 0 Å². The Balaban J connectivity index is 2.05. The van der Waals surface area contributed by atoms with Crippen molar-refractivity contribution in [2.75, 3.05) is 13.1 Å². The van der Waals surface area contributed by atoms with Gasteiger partial charge in [-0.3, -0.25) is 9.98 Å². The molecule has 0 unspecified atom stereocenters. The summed E-state index contributed by atoms with van der Waals surface area (Å²) in [4.78, 5) is 13.8. The minimum Gasteiger partial charge on any atom is -0.368 e. The second-order valence-electron chi connectivity index (χ2n) is 4.63. The molecular weight excluding hydrogens is 260 g/mol. The predicted octanol–water partition coefficient (Wildman–Crippen LogP) is 2.74. The van der Waals surface area contributed by atoms with Gasteiger partial charge in [-0.1, -0.05) is 30.3 Å². The Morgan fingerprint density at radius 2 is 2.00 bits per heavy atom. The molecule has 0 saturated carbocycles. The molecule has 1 aromatic carbocycles. The fourth-order valence-electron chi connectivity index (χ4n) is 2.20. The highest BCUT2D eigenvalue weighted by atomic mass is 15.0. The van der Waals surface area contributed by atoms with E-state index >= 15 is 0 Å². The fourth-order valence-corrected chi connectivity index (χ4v) is 2.20. The fraction of sp³-hybridized carbons (Fsp3) is 0.118. The molecule has 2 heterocycles. The third-order valence-electron chi connectivity index (χ3n) is 3.16. The molecule has 1 N–H and O–H groups in total. The molecule has 4 heteroatoms. The van der Waals surface area contributed by atoms with E-state index in [0.29, 0.717) is 13.1 Å². The van der Waals surface area contributed by atoms with Gasteiger partial charge in [-0.2, -0.15) is 0 Å². The highest BCUT2D eigenvalue weighted by Crippen LogP contribution is 2.24. The molecule has 1 aliphatic rings. The number of hydrogen-bond donors (Lipinski definition) is 1. The standard InChI is InChI=1S/C17H16N4/c1-2-10-19-16-12-20-17(15-9-5-6-11-18-15)13-7-3-4-8-14(13)21-16/h2-9,11H,1,10,12H2,(H,19,21). The predicted molar refractivity (Wildman–Crippen MR) is 86.5 cm³/mol. The van der Waals surface area contributed by atoms with Crippen molar-refractivity contribution in [1.29, 1.82) is 0 Å². The van der Waals surface area contributed by atoms with E-state index in [0.717, 1.165) is 28.5 Å². The lowest BCUT2D eigenvalue weighted by molar-refractivity contribution is 1.01. The van der Waals surface area contributed by atoms with Gasteiger partial charge in [-0.15, -0.1) is 6.58 Å². The van der Waals surface area contributed by atoms with Crippen LogP contribution in [0.15, 0.2) is 71.3 Å². The van der Waals surface area contributed by atoms with Crippen LogP contribution in [0.5, 0.6) is 0 Å². The Bertz CT molecular complexity index is 702. The summed E-state index contributed by atoms with van der Waals surface area (Å²) in [6.07, 6.45) is 3.59. The number of para-hydroxylation sites is 1. The summed E-state index contributed by atoms with van der Waals surface area (Å²) >= 11 is 0. The Morgan fingerprint density at radius 3 is 2.81 bits per heavy atom. The van der Waals surface area contributed by atoms with E-state index in [1.165, 1.54) is 0 Å². The molecule has 4 nitrogen and oxygen atoms in total. The summed E-state index contributed by atoms with van der Waals surface area (Å²) in [6.45, 7) is 4.90. The van der Waals surface area contributed by atoms with E-state index in [4.69, 9.17) is 4.99 Å². The topological polar surface area (TPSA) is 49.6 Å². The van der Waals surface area contributed by atoms with E-state index < -0.39 is 0 Å². The molecule has 0 saturated heterocycles. The number of nitrogens with zero attached hydrogens (tertiary/aromatic N) is 3. The number of pyridine rings is 1. The van der Waals surface area contributed by atoms with Gasteiger partial charge in [0.05, 0.1) is 23.6 Å². The number of benzene rings is 1. The van der Waals surface area contributed by atoms with Crippen molar-refractivity contribution in [3.05, 3.63) is 72.6 Å². The van der Waals surface area contributed by atoms with Crippen molar-refractivity contribution in [2.45, 2.75) is 0 Å². The van der Waals surface area contributed by atoms with Crippen LogP contribution in [0.2, 0.25) is 0 Å². The Labute approximate surface area is 124 Å². The van der Waals surface area contributed by atoms with E-state index in [2.05, 4.69) is 21.9 Å². The zero-order valence-corrected chi connectivity index (χ0v) is 11.7. The first-order valence-electron chi connectivity index (χ1n) is 6.86. The Kier molecular flexibility index (Phi) is 3.87. The average molecular weight is 276 g/mol. The summed E-state index contributed by atoms with van der Waals surface area (Å²) in [5, 5.41) is 3.23. The van der Waals surface area contributed by atoms with Gasteiger partial charge in [0, 0.05) is 18.3 Å². The van der Waals surface area contributed by atoms with Crippen molar-refractivity contribution in [2.24, 2.45) is 9.98 Å². The first kappa shape index (κ1) is 13.2. The summed E-state index contributed by atoms with van der Waals surface area (Å²) < 4.78 is 0. The van der Waals surface area contributed by atoms with Crippen LogP contribution in [-0.4, -0.2) is 29.6 Å². The third-order valence-corrected chi connectivity index (χ3v) is 3.16. The van der Waals surface area contributed by atoms with E-state index in [1.54, 1.807) is 6.20 Å². The molecule has 1 aromatic heterocycles. The minimum atomic E-state index is 0.508. The van der Waals surface area contributed by atoms with Crippen LogP contribution >= 0.6 is 0 Å². The smallest absolute Gasteiger partial charge is 0.124 e. The lowest BCUT2D eigenvalue weighted by Crippen LogP contribution is -2.25. The van der Waals surface area contributed by atoms with Crippen LogP contribution in [-0.2, 0) is 0 Å². The van der Waals surface area contributed by atoms with Gasteiger partial charge < -0.3 is 5.32 Å². The van der Waals surface area contributed by atoms with Gasteiger partial charge in [0.15, 0.2) is 0 Å². The van der Waals surface area contributed by atoms with Crippen molar-refractivity contribution >= 4 is 17.2 Å². The van der Waals surface area contributed by atoms with Crippen LogP contribution in [0.1, 0.15) is 11.3 Å². The molecule has 2 aromatic rings. The highest BCUT2D eigenvalue weighted by Gasteiger charge is 2.15. The normalized spacial score (nSPS) is 13.5. The van der Waals surface area contributed by atoms with E-state index in [1.807, 2.05) is 48.5 Å². The Morgan fingerprint density at radius 1 is 1.14 bits per heavy atom. The summed E-state index contributed by atoms with van der Waals surface area (Å²) in [7, 11) is 0. The molecular formula is C17H16N4. The van der Waals surface area contributed by atoms with Gasteiger partial charge in [0.2, 0.25) is 0 Å². The SMILES string of the molecule is C=CCNC1=Nc2ccccc2C(c2ccccn2)=NC1. The molecule has 0 aliphatic carbocycles. The largest absolute Gasteiger partial charge is 0.368 e. The molecule has 0 fully saturated rings. The van der Waals surface area contributed by atoms with Crippen molar-refractivity contribution in [1.82, 2.24) is 10.3 Å². The number of aromatic nitrogens is 1. The third kappa shape index (κ3) is 2.89. The number of rotatable bonds is 3. The molecule has 3 rings (SSSR count). The summed E-state index contributed by atoms with van der Waals surface area (Å²) in [5.41, 5.74) is 3.66. The molecule has 0 radical (unpaired) electrons. The molecule has 21 heavy (non-hydrogen) atoms. The van der Waals surface area contributed by atoms with Crippen LogP contribution in [0.25, 0.3) is 0 Å². The van der Waals surface area contributed by atoms with Crippen LogP contribution in [0.3, 0.4) is 0 Å². The molecule has 1 aliphatic heterocycles. The van der Waals surface area contributed by atoms with E-state index in [-0.39, 0.29) is 0 Å². The molecule has 0 amide bonds. The lowest BCUT2D eigenvalue weighted by Gasteiger charge is -2.06. The molecule has 0 bridgehead atoms. The number of nitrogens with one attached hydrogen (secondary N) is 1. The molecule has 0 atom stereocenters. The second kappa shape index (κ2) is 6.13. The zero-order valence-electron chi connectivity index (χ0n) is 11.7. The summed E-state index contributed by atoms with van der Waals surface area (Å²) in [6, 6.07) is 13.8. The quantitative estimate of drug-likeness (QED) is 0.876. The maximum absolute atomic E-state index is 4.70. The lowest BCUT2D eigenvalue weighted by atomic mass is 10.0. The monoisotopic (exact) mass is 276 g/mol. The van der Waals surface area contributed by atoms with Crippen molar-refractivity contribution < 1.29 is 0 Å². The molecule has 0 spiro atoms. The van der Waals surface area contributed by atoms with Crippen LogP contribution in [0, 0.1) is 0 Å². The van der Waals surface area contributed by atoms with Gasteiger partial charge in [-0.25, -0.2) is 4.99 Å². The van der Waals surface area contributed by atoms with Crippen molar-refractivity contribution in [3.63, 3.8) is 0 Å².